The molecule has 0 aliphatic rings. The van der Waals surface area contributed by atoms with E-state index in [0.29, 0.717) is 0 Å². The van der Waals surface area contributed by atoms with Gasteiger partial charge in [0, 0.05) is 1.43 Å². The molecule has 0 bridgehead atoms. The third-order valence-electron chi connectivity index (χ3n) is 1.29. The minimum absolute atomic E-state index is 0. The molecule has 84 valence electrons. The lowest BCUT2D eigenvalue weighted by atomic mass is 9.96. The van der Waals surface area contributed by atoms with E-state index in [1.165, 1.54) is 0 Å². The van der Waals surface area contributed by atoms with Crippen molar-refractivity contribution in [2.45, 2.75) is 18.4 Å². The molecule has 0 aliphatic heterocycles. The molecule has 0 aliphatic carbocycles. The van der Waals surface area contributed by atoms with Crippen LogP contribution in [0.4, 0.5) is 0 Å². The van der Waals surface area contributed by atoms with Crippen molar-refractivity contribution in [3.8, 4) is 0 Å². The highest BCUT2D eigenvalue weighted by Gasteiger charge is 2.40. The second-order valence-electron chi connectivity index (χ2n) is 2.48. The molecule has 0 radical (unpaired) electrons. The summed E-state index contributed by atoms with van der Waals surface area (Å²) in [4.78, 5) is 30.5. The Bertz CT molecular complexity index is 238. The lowest BCUT2D eigenvalue weighted by molar-refractivity contribution is -0.170. The van der Waals surface area contributed by atoms with Crippen LogP contribution in [0.15, 0.2) is 0 Å². The molecule has 0 spiro atoms. The molecule has 8 heteroatoms. The van der Waals surface area contributed by atoms with Crippen molar-refractivity contribution in [1.29, 1.82) is 0 Å². The molecule has 7 N–H and O–H groups in total. The van der Waals surface area contributed by atoms with Crippen LogP contribution in [0.2, 0.25) is 0 Å². The van der Waals surface area contributed by atoms with E-state index >= 15 is 0 Å². The molecule has 0 rings (SSSR count). The molecule has 0 amide bonds. The third kappa shape index (κ3) is 4.38. The Balaban J connectivity index is -0.000000720. The lowest BCUT2D eigenvalue weighted by Crippen LogP contribution is -2.42. The van der Waals surface area contributed by atoms with Crippen LogP contribution in [-0.4, -0.2) is 43.9 Å². The smallest absolute Gasteiger partial charge is 0.336 e. The SMILES string of the molecule is N.O=C(O)CC(O)(CC(=O)O)C(=O)O.[HH]. The van der Waals surface area contributed by atoms with E-state index in [1.54, 1.807) is 0 Å². The first-order chi connectivity index (χ1) is 5.78. The van der Waals surface area contributed by atoms with Gasteiger partial charge in [-0.15, -0.1) is 0 Å². The average Bonchev–Trinajstić information content (AvgIpc) is 1.82. The van der Waals surface area contributed by atoms with Crippen LogP contribution in [0.3, 0.4) is 0 Å². The molecule has 0 aromatic carbocycles. The first-order valence-electron chi connectivity index (χ1n) is 3.17. The van der Waals surface area contributed by atoms with Crippen molar-refractivity contribution in [3.05, 3.63) is 0 Å². The van der Waals surface area contributed by atoms with Crippen LogP contribution in [0.5, 0.6) is 0 Å². The van der Waals surface area contributed by atoms with E-state index < -0.39 is 36.4 Å². The number of aliphatic hydroxyl groups is 1. The number of hydrogen-bond acceptors (Lipinski definition) is 5. The quantitative estimate of drug-likeness (QED) is 0.392. The summed E-state index contributed by atoms with van der Waals surface area (Å²) >= 11 is 0. The van der Waals surface area contributed by atoms with Crippen LogP contribution in [0, 0.1) is 0 Å². The summed E-state index contributed by atoms with van der Waals surface area (Å²) in [5.41, 5.74) is -2.74. The standard InChI is InChI=1S/C6H8O7.H3N.H2/c7-3(8)1-6(13,5(11)12)2-4(9)10;;/h13H,1-2H2,(H,7,8)(H,9,10)(H,11,12);1H3;1H. The van der Waals surface area contributed by atoms with Gasteiger partial charge in [-0.2, -0.15) is 0 Å². The molecule has 0 unspecified atom stereocenters. The molecule has 0 aromatic rings. The fourth-order valence-electron chi connectivity index (χ4n) is 0.714. The molecule has 8 nitrogen and oxygen atoms in total. The largest absolute Gasteiger partial charge is 0.481 e. The molecular weight excluding hydrogens is 198 g/mol. The van der Waals surface area contributed by atoms with Crippen LogP contribution in [0.1, 0.15) is 14.3 Å². The van der Waals surface area contributed by atoms with Crippen molar-refractivity contribution in [2.75, 3.05) is 0 Å². The zero-order valence-corrected chi connectivity index (χ0v) is 7.13. The monoisotopic (exact) mass is 211 g/mol. The summed E-state index contributed by atoms with van der Waals surface area (Å²) in [5, 5.41) is 33.8. The first-order valence-corrected chi connectivity index (χ1v) is 3.17. The number of carboxylic acid groups (broad SMARTS) is 3. The minimum atomic E-state index is -2.74. The average molecular weight is 211 g/mol. The number of aliphatic carboxylic acids is 3. The van der Waals surface area contributed by atoms with Crippen LogP contribution in [0.25, 0.3) is 0 Å². The van der Waals surface area contributed by atoms with Crippen molar-refractivity contribution >= 4 is 17.9 Å². The predicted octanol–water partition coefficient (Wildman–Crippen LogP) is -0.841. The van der Waals surface area contributed by atoms with E-state index in [1.807, 2.05) is 0 Å². The van der Waals surface area contributed by atoms with Crippen molar-refractivity contribution < 1.29 is 36.2 Å². The van der Waals surface area contributed by atoms with Crippen molar-refractivity contribution in [2.24, 2.45) is 0 Å². The Morgan fingerprint density at radius 2 is 1.29 bits per heavy atom. The number of carbonyl (C=O) groups is 3. The highest BCUT2D eigenvalue weighted by atomic mass is 16.4. The van der Waals surface area contributed by atoms with Gasteiger partial charge in [-0.3, -0.25) is 9.59 Å². The van der Waals surface area contributed by atoms with Crippen LogP contribution < -0.4 is 6.15 Å². The van der Waals surface area contributed by atoms with E-state index in [-0.39, 0.29) is 7.58 Å². The summed E-state index contributed by atoms with van der Waals surface area (Å²) in [6, 6.07) is 0. The van der Waals surface area contributed by atoms with Gasteiger partial charge >= 0.3 is 17.9 Å². The van der Waals surface area contributed by atoms with E-state index in [9.17, 15) is 14.4 Å². The van der Waals surface area contributed by atoms with Crippen LogP contribution >= 0.6 is 0 Å². The first kappa shape index (κ1) is 14.8. The minimum Gasteiger partial charge on any atom is -0.481 e. The van der Waals surface area contributed by atoms with Crippen molar-refractivity contribution in [3.63, 3.8) is 0 Å². The lowest BCUT2D eigenvalue weighted by Gasteiger charge is -2.18. The fourth-order valence-corrected chi connectivity index (χ4v) is 0.714. The summed E-state index contributed by atoms with van der Waals surface area (Å²) in [6.07, 6.45) is -2.29. The molecule has 14 heavy (non-hydrogen) atoms. The maximum atomic E-state index is 10.3. The van der Waals surface area contributed by atoms with Gasteiger partial charge in [-0.1, -0.05) is 0 Å². The Morgan fingerprint density at radius 1 is 1.00 bits per heavy atom. The van der Waals surface area contributed by atoms with Crippen LogP contribution in [-0.2, 0) is 14.4 Å². The highest BCUT2D eigenvalue weighted by molar-refractivity contribution is 5.88. The van der Waals surface area contributed by atoms with Gasteiger partial charge in [0.25, 0.3) is 0 Å². The zero-order valence-electron chi connectivity index (χ0n) is 7.13. The zero-order chi connectivity index (χ0) is 10.6. The maximum absolute atomic E-state index is 10.3. The Morgan fingerprint density at radius 3 is 1.43 bits per heavy atom. The van der Waals surface area contributed by atoms with Gasteiger partial charge in [0.15, 0.2) is 5.60 Å². The molecule has 0 atom stereocenters. The molecule has 0 saturated heterocycles. The second-order valence-corrected chi connectivity index (χ2v) is 2.48. The number of carboxylic acids is 3. The van der Waals surface area contributed by atoms with Gasteiger partial charge in [-0.05, 0) is 0 Å². The van der Waals surface area contributed by atoms with E-state index in [0.717, 1.165) is 0 Å². The summed E-state index contributed by atoms with van der Waals surface area (Å²) < 4.78 is 0. The molecule has 0 saturated carbocycles. The normalized spacial score (nSPS) is 10.1. The molecule has 0 fully saturated rings. The maximum Gasteiger partial charge on any atom is 0.336 e. The summed E-state index contributed by atoms with van der Waals surface area (Å²) in [5.74, 6) is -5.02. The predicted molar refractivity (Wildman–Crippen MR) is 44.2 cm³/mol. The Kier molecular flexibility index (Phi) is 5.45. The van der Waals surface area contributed by atoms with Gasteiger partial charge in [0.1, 0.15) is 0 Å². The van der Waals surface area contributed by atoms with Gasteiger partial charge in [0.05, 0.1) is 12.8 Å². The van der Waals surface area contributed by atoms with Gasteiger partial charge < -0.3 is 26.6 Å². The summed E-state index contributed by atoms with van der Waals surface area (Å²) in [7, 11) is 0. The molecule has 0 heterocycles. The Labute approximate surface area is 79.8 Å². The highest BCUT2D eigenvalue weighted by Crippen LogP contribution is 2.15. The number of rotatable bonds is 5. The van der Waals surface area contributed by atoms with Crippen molar-refractivity contribution in [1.82, 2.24) is 6.15 Å². The van der Waals surface area contributed by atoms with E-state index in [2.05, 4.69) is 0 Å². The third-order valence-corrected chi connectivity index (χ3v) is 1.29. The van der Waals surface area contributed by atoms with E-state index in [4.69, 9.17) is 20.4 Å². The summed E-state index contributed by atoms with van der Waals surface area (Å²) in [6.45, 7) is 0. The molecular formula is C6H13NO7. The van der Waals surface area contributed by atoms with Gasteiger partial charge in [0.2, 0.25) is 0 Å². The fraction of sp³-hybridized carbons (Fsp3) is 0.500. The molecule has 0 aromatic heterocycles. The number of hydrogen-bond donors (Lipinski definition) is 5. The topological polar surface area (TPSA) is 167 Å². The van der Waals surface area contributed by atoms with Gasteiger partial charge in [-0.25, -0.2) is 4.79 Å². The Hall–Kier alpha value is -1.67. The second kappa shape index (κ2) is 5.14.